The summed E-state index contributed by atoms with van der Waals surface area (Å²) in [6.07, 6.45) is 0.402. The molecule has 1 fully saturated rings. The Bertz CT molecular complexity index is 810. The number of benzene rings is 2. The number of hydrogen-bond donors (Lipinski definition) is 2. The lowest BCUT2D eigenvalue weighted by Crippen LogP contribution is -2.34. The van der Waals surface area contributed by atoms with Crippen molar-refractivity contribution in [3.8, 4) is 5.75 Å². The molecule has 1 atom stereocenters. The molecule has 6 nitrogen and oxygen atoms in total. The highest BCUT2D eigenvalue weighted by Crippen LogP contribution is 2.26. The highest BCUT2D eigenvalue weighted by molar-refractivity contribution is 6.33. The summed E-state index contributed by atoms with van der Waals surface area (Å²) in [5.74, 6) is 0.890. The molecular weight excluding hydrogens is 366 g/mol. The minimum atomic E-state index is -0.338. The van der Waals surface area contributed by atoms with E-state index >= 15 is 0 Å². The monoisotopic (exact) mass is 387 g/mol. The van der Waals surface area contributed by atoms with Crippen LogP contribution >= 0.6 is 11.6 Å². The molecule has 1 aliphatic rings. The van der Waals surface area contributed by atoms with Gasteiger partial charge in [0.15, 0.2) is 0 Å². The molecular formula is C20H22ClN3O3. The molecule has 0 bridgehead atoms. The summed E-state index contributed by atoms with van der Waals surface area (Å²) in [4.78, 5) is 26.1. The Morgan fingerprint density at radius 2 is 1.96 bits per heavy atom. The number of hydrogen-bond acceptors (Lipinski definition) is 3. The number of amides is 3. The number of nitrogens with zero attached hydrogens (tertiary/aromatic N) is 1. The average Bonchev–Trinajstić information content (AvgIpc) is 3.04. The van der Waals surface area contributed by atoms with Gasteiger partial charge in [0.05, 0.1) is 17.3 Å². The van der Waals surface area contributed by atoms with Crippen molar-refractivity contribution < 1.29 is 14.3 Å². The van der Waals surface area contributed by atoms with Gasteiger partial charge >= 0.3 is 6.03 Å². The van der Waals surface area contributed by atoms with Crippen molar-refractivity contribution in [3.05, 3.63) is 53.6 Å². The van der Waals surface area contributed by atoms with E-state index in [9.17, 15) is 9.59 Å². The number of carbonyl (C=O) groups excluding carboxylic acids is 2. The van der Waals surface area contributed by atoms with Gasteiger partial charge in [0, 0.05) is 31.1 Å². The van der Waals surface area contributed by atoms with E-state index in [0.29, 0.717) is 36.8 Å². The lowest BCUT2D eigenvalue weighted by Gasteiger charge is -2.17. The Balaban J connectivity index is 1.51. The Morgan fingerprint density at radius 1 is 1.22 bits per heavy atom. The van der Waals surface area contributed by atoms with Crippen LogP contribution in [0.25, 0.3) is 0 Å². The Kier molecular flexibility index (Phi) is 6.19. The highest BCUT2D eigenvalue weighted by atomic mass is 35.5. The first-order chi connectivity index (χ1) is 13.1. The van der Waals surface area contributed by atoms with E-state index in [1.165, 1.54) is 0 Å². The SMILES string of the molecule is CCOc1ccc(N2C[C@H](CNC(=O)Nc3ccccc3Cl)CC2=O)cc1. The zero-order chi connectivity index (χ0) is 19.2. The molecule has 1 saturated heterocycles. The van der Waals surface area contributed by atoms with Crippen molar-refractivity contribution in [2.45, 2.75) is 13.3 Å². The van der Waals surface area contributed by atoms with Crippen LogP contribution in [0.3, 0.4) is 0 Å². The number of anilines is 2. The van der Waals surface area contributed by atoms with Gasteiger partial charge in [-0.1, -0.05) is 23.7 Å². The lowest BCUT2D eigenvalue weighted by molar-refractivity contribution is -0.117. The summed E-state index contributed by atoms with van der Waals surface area (Å²) in [6.45, 7) is 3.51. The fourth-order valence-corrected chi connectivity index (χ4v) is 3.21. The molecule has 7 heteroatoms. The van der Waals surface area contributed by atoms with Crippen LogP contribution in [0.4, 0.5) is 16.2 Å². The number of para-hydroxylation sites is 1. The highest BCUT2D eigenvalue weighted by Gasteiger charge is 2.30. The van der Waals surface area contributed by atoms with Crippen molar-refractivity contribution in [3.63, 3.8) is 0 Å². The van der Waals surface area contributed by atoms with Crippen LogP contribution in [-0.2, 0) is 4.79 Å². The molecule has 142 valence electrons. The van der Waals surface area contributed by atoms with Gasteiger partial charge in [-0.15, -0.1) is 0 Å². The van der Waals surface area contributed by atoms with Crippen molar-refractivity contribution in [1.29, 1.82) is 0 Å². The second kappa shape index (κ2) is 8.77. The number of rotatable bonds is 6. The number of ether oxygens (including phenoxy) is 1. The number of halogens is 1. The summed E-state index contributed by atoms with van der Waals surface area (Å²) in [7, 11) is 0. The van der Waals surface area contributed by atoms with Crippen LogP contribution < -0.4 is 20.3 Å². The van der Waals surface area contributed by atoms with E-state index in [0.717, 1.165) is 11.4 Å². The minimum Gasteiger partial charge on any atom is -0.494 e. The standard InChI is InChI=1S/C20H22ClN3O3/c1-2-27-16-9-7-15(8-10-16)24-13-14(11-19(24)25)12-22-20(26)23-18-6-4-3-5-17(18)21/h3-10,14H,2,11-13H2,1H3,(H2,22,23,26)/t14-/m0/s1. The largest absolute Gasteiger partial charge is 0.494 e. The summed E-state index contributed by atoms with van der Waals surface area (Å²) < 4.78 is 5.43. The first-order valence-corrected chi connectivity index (χ1v) is 9.27. The predicted octanol–water partition coefficient (Wildman–Crippen LogP) is 3.91. The smallest absolute Gasteiger partial charge is 0.319 e. The lowest BCUT2D eigenvalue weighted by atomic mass is 10.1. The van der Waals surface area contributed by atoms with Crippen LogP contribution in [0.1, 0.15) is 13.3 Å². The van der Waals surface area contributed by atoms with E-state index in [4.69, 9.17) is 16.3 Å². The average molecular weight is 388 g/mol. The van der Waals surface area contributed by atoms with Gasteiger partial charge in [-0.05, 0) is 43.3 Å². The van der Waals surface area contributed by atoms with E-state index in [2.05, 4.69) is 10.6 Å². The zero-order valence-electron chi connectivity index (χ0n) is 15.1. The Labute approximate surface area is 163 Å². The summed E-state index contributed by atoms with van der Waals surface area (Å²) in [5, 5.41) is 6.00. The van der Waals surface area contributed by atoms with Crippen LogP contribution in [0.2, 0.25) is 5.02 Å². The Morgan fingerprint density at radius 3 is 2.67 bits per heavy atom. The van der Waals surface area contributed by atoms with Gasteiger partial charge in [-0.3, -0.25) is 4.79 Å². The zero-order valence-corrected chi connectivity index (χ0v) is 15.8. The van der Waals surface area contributed by atoms with E-state index in [-0.39, 0.29) is 17.9 Å². The molecule has 1 heterocycles. The topological polar surface area (TPSA) is 70.7 Å². The predicted molar refractivity (Wildman–Crippen MR) is 107 cm³/mol. The summed E-state index contributed by atoms with van der Waals surface area (Å²) in [5.41, 5.74) is 1.39. The number of nitrogens with one attached hydrogen (secondary N) is 2. The third-order valence-corrected chi connectivity index (χ3v) is 4.67. The number of urea groups is 1. The van der Waals surface area contributed by atoms with E-state index in [1.807, 2.05) is 31.2 Å². The van der Waals surface area contributed by atoms with Gasteiger partial charge in [0.25, 0.3) is 0 Å². The molecule has 0 saturated carbocycles. The molecule has 2 N–H and O–H groups in total. The first kappa shape index (κ1) is 19.0. The fraction of sp³-hybridized carbons (Fsp3) is 0.300. The van der Waals surface area contributed by atoms with Crippen molar-refractivity contribution in [2.75, 3.05) is 29.9 Å². The maximum absolute atomic E-state index is 12.3. The second-order valence-corrected chi connectivity index (χ2v) is 6.72. The van der Waals surface area contributed by atoms with Crippen LogP contribution in [-0.4, -0.2) is 31.6 Å². The molecule has 2 aromatic carbocycles. The molecule has 27 heavy (non-hydrogen) atoms. The van der Waals surface area contributed by atoms with E-state index in [1.54, 1.807) is 29.2 Å². The van der Waals surface area contributed by atoms with Crippen LogP contribution in [0, 0.1) is 5.92 Å². The molecule has 2 aromatic rings. The molecule has 0 aliphatic carbocycles. The van der Waals surface area contributed by atoms with Gasteiger partial charge in [0.1, 0.15) is 5.75 Å². The van der Waals surface area contributed by atoms with Crippen molar-refractivity contribution in [1.82, 2.24) is 5.32 Å². The molecule has 0 unspecified atom stereocenters. The molecule has 3 rings (SSSR count). The van der Waals surface area contributed by atoms with Gasteiger partial charge < -0.3 is 20.3 Å². The summed E-state index contributed by atoms with van der Waals surface area (Å²) >= 11 is 6.03. The van der Waals surface area contributed by atoms with Crippen LogP contribution in [0.15, 0.2) is 48.5 Å². The molecule has 0 spiro atoms. The molecule has 3 amide bonds. The van der Waals surface area contributed by atoms with Gasteiger partial charge in [-0.25, -0.2) is 4.79 Å². The Hall–Kier alpha value is -2.73. The van der Waals surface area contributed by atoms with Crippen LogP contribution in [0.5, 0.6) is 5.75 Å². The van der Waals surface area contributed by atoms with E-state index < -0.39 is 0 Å². The minimum absolute atomic E-state index is 0.0532. The molecule has 1 aliphatic heterocycles. The maximum Gasteiger partial charge on any atom is 0.319 e. The third kappa shape index (κ3) is 4.92. The van der Waals surface area contributed by atoms with Gasteiger partial charge in [-0.2, -0.15) is 0 Å². The first-order valence-electron chi connectivity index (χ1n) is 8.89. The maximum atomic E-state index is 12.3. The van der Waals surface area contributed by atoms with Crippen molar-refractivity contribution >= 4 is 34.9 Å². The fourth-order valence-electron chi connectivity index (χ4n) is 3.02. The summed E-state index contributed by atoms with van der Waals surface area (Å²) in [6, 6.07) is 14.2. The van der Waals surface area contributed by atoms with Crippen molar-refractivity contribution in [2.24, 2.45) is 5.92 Å². The molecule has 0 radical (unpaired) electrons. The second-order valence-electron chi connectivity index (χ2n) is 6.32. The molecule has 0 aromatic heterocycles. The third-order valence-electron chi connectivity index (χ3n) is 4.34. The van der Waals surface area contributed by atoms with Gasteiger partial charge in [0.2, 0.25) is 5.91 Å². The quantitative estimate of drug-likeness (QED) is 0.789. The normalized spacial score (nSPS) is 16.3. The number of carbonyl (C=O) groups is 2.